The number of ether oxygens (including phenoxy) is 3. The summed E-state index contributed by atoms with van der Waals surface area (Å²) in [5.41, 5.74) is 2.60. The first kappa shape index (κ1) is 22.8. The summed E-state index contributed by atoms with van der Waals surface area (Å²) in [7, 11) is 3.27. The van der Waals surface area contributed by atoms with Gasteiger partial charge >= 0.3 is 0 Å². The van der Waals surface area contributed by atoms with Crippen molar-refractivity contribution >= 4 is 17.4 Å². The lowest BCUT2D eigenvalue weighted by atomic mass is 10.1. The van der Waals surface area contributed by atoms with Crippen LogP contribution in [0.25, 0.3) is 0 Å². The maximum Gasteiger partial charge on any atom is 0.227 e. The number of fused-ring (bicyclic) bond motifs is 2. The van der Waals surface area contributed by atoms with E-state index in [1.807, 2.05) is 71.6 Å². The Morgan fingerprint density at radius 3 is 2.66 bits per heavy atom. The summed E-state index contributed by atoms with van der Waals surface area (Å²) in [4.78, 5) is 22.4. The van der Waals surface area contributed by atoms with Gasteiger partial charge in [-0.2, -0.15) is 0 Å². The highest BCUT2D eigenvalue weighted by Gasteiger charge is 2.32. The third-order valence-corrected chi connectivity index (χ3v) is 6.48. The lowest BCUT2D eigenvalue weighted by Gasteiger charge is -2.41. The molecular weight excluding hydrogens is 442 g/mol. The predicted octanol–water partition coefficient (Wildman–Crippen LogP) is 4.66. The average molecular weight is 472 g/mol. The van der Waals surface area contributed by atoms with Crippen molar-refractivity contribution in [2.75, 3.05) is 33.9 Å². The van der Waals surface area contributed by atoms with Crippen LogP contribution in [-0.4, -0.2) is 61.4 Å². The van der Waals surface area contributed by atoms with Crippen molar-refractivity contribution in [2.45, 2.75) is 19.4 Å². The van der Waals surface area contributed by atoms with Gasteiger partial charge in [0.15, 0.2) is 17.2 Å². The zero-order chi connectivity index (χ0) is 24.4. The van der Waals surface area contributed by atoms with Crippen LogP contribution < -0.4 is 14.2 Å². The molecule has 0 bridgehead atoms. The lowest BCUT2D eigenvalue weighted by molar-refractivity contribution is -0.134. The zero-order valence-corrected chi connectivity index (χ0v) is 20.2. The van der Waals surface area contributed by atoms with Crippen molar-refractivity contribution in [3.63, 3.8) is 0 Å². The van der Waals surface area contributed by atoms with E-state index in [1.54, 1.807) is 14.2 Å². The Morgan fingerprint density at radius 2 is 1.86 bits per heavy atom. The Bertz CT molecular complexity index is 1270. The van der Waals surface area contributed by atoms with Gasteiger partial charge in [-0.15, -0.1) is 0 Å². The highest BCUT2D eigenvalue weighted by atomic mass is 16.5. The van der Waals surface area contributed by atoms with Crippen LogP contribution in [0, 0.1) is 0 Å². The molecular formula is C28H29N3O4. The molecule has 2 heterocycles. The molecule has 35 heavy (non-hydrogen) atoms. The van der Waals surface area contributed by atoms with Crippen molar-refractivity contribution in [1.82, 2.24) is 9.80 Å². The number of carbonyl (C=O) groups excluding carboxylic acids is 1. The van der Waals surface area contributed by atoms with Gasteiger partial charge in [-0.3, -0.25) is 4.79 Å². The summed E-state index contributed by atoms with van der Waals surface area (Å²) < 4.78 is 17.2. The molecule has 1 amide bonds. The maximum atomic E-state index is 13.2. The standard InChI is InChI=1S/C28H29N3O4/c1-19-18-30(14-15-31(19)26(32)17-20-8-6-9-21(16-20)33-2)28-22-10-7-13-25(34-3)27(22)35-24-12-5-4-11-23(24)29-28/h4-13,16,19H,14-15,17-18H2,1-3H3/t19-/m1/s1. The van der Waals surface area contributed by atoms with E-state index in [-0.39, 0.29) is 11.9 Å². The molecule has 7 heteroatoms. The van der Waals surface area contributed by atoms with Crippen molar-refractivity contribution in [1.29, 1.82) is 0 Å². The third kappa shape index (κ3) is 4.54. The number of piperazine rings is 1. The first-order valence-electron chi connectivity index (χ1n) is 11.8. The van der Waals surface area contributed by atoms with Gasteiger partial charge in [0.25, 0.3) is 0 Å². The minimum atomic E-state index is 0.0260. The molecule has 7 nitrogen and oxygen atoms in total. The molecule has 3 aromatic carbocycles. The number of methoxy groups -OCH3 is 2. The number of hydrogen-bond acceptors (Lipinski definition) is 6. The number of rotatable bonds is 4. The summed E-state index contributed by atoms with van der Waals surface area (Å²) in [5, 5.41) is 0. The molecule has 5 rings (SSSR count). The molecule has 0 unspecified atom stereocenters. The Kier molecular flexibility index (Phi) is 6.31. The van der Waals surface area contributed by atoms with Crippen LogP contribution in [0.15, 0.2) is 71.7 Å². The van der Waals surface area contributed by atoms with Crippen molar-refractivity contribution in [3.8, 4) is 23.0 Å². The van der Waals surface area contributed by atoms with Gasteiger partial charge in [-0.25, -0.2) is 4.99 Å². The van der Waals surface area contributed by atoms with Crippen LogP contribution in [0.1, 0.15) is 18.1 Å². The van der Waals surface area contributed by atoms with E-state index >= 15 is 0 Å². The minimum absolute atomic E-state index is 0.0260. The molecule has 1 atom stereocenters. The SMILES string of the molecule is COc1cccc(CC(=O)N2CCN(C3=Nc4ccccc4Oc4c(OC)cccc43)C[C@H]2C)c1. The highest BCUT2D eigenvalue weighted by molar-refractivity contribution is 6.04. The maximum absolute atomic E-state index is 13.2. The van der Waals surface area contributed by atoms with Crippen molar-refractivity contribution < 1.29 is 19.0 Å². The molecule has 0 N–H and O–H groups in total. The van der Waals surface area contributed by atoms with Crippen LogP contribution >= 0.6 is 0 Å². The van der Waals surface area contributed by atoms with E-state index in [0.29, 0.717) is 43.3 Å². The van der Waals surface area contributed by atoms with Gasteiger partial charge in [0.05, 0.1) is 26.2 Å². The second kappa shape index (κ2) is 9.70. The van der Waals surface area contributed by atoms with E-state index < -0.39 is 0 Å². The van der Waals surface area contributed by atoms with Crippen LogP contribution in [0.5, 0.6) is 23.0 Å². The van der Waals surface area contributed by atoms with Crippen LogP contribution in [0.3, 0.4) is 0 Å². The van der Waals surface area contributed by atoms with Crippen molar-refractivity contribution in [3.05, 3.63) is 77.9 Å². The number of carbonyl (C=O) groups is 1. The van der Waals surface area contributed by atoms with Gasteiger partial charge in [0.2, 0.25) is 5.91 Å². The molecule has 0 spiro atoms. The van der Waals surface area contributed by atoms with Gasteiger partial charge < -0.3 is 24.0 Å². The second-order valence-corrected chi connectivity index (χ2v) is 8.75. The zero-order valence-electron chi connectivity index (χ0n) is 20.2. The molecule has 0 saturated carbocycles. The van der Waals surface area contributed by atoms with Crippen LogP contribution in [0.2, 0.25) is 0 Å². The minimum Gasteiger partial charge on any atom is -0.497 e. The summed E-state index contributed by atoms with van der Waals surface area (Å²) in [6, 6.07) is 21.3. The summed E-state index contributed by atoms with van der Waals surface area (Å²) in [5.74, 6) is 3.71. The van der Waals surface area contributed by atoms with Gasteiger partial charge in [-0.05, 0) is 48.9 Å². The van der Waals surface area contributed by atoms with E-state index in [0.717, 1.165) is 28.4 Å². The van der Waals surface area contributed by atoms with Gasteiger partial charge in [0.1, 0.15) is 17.3 Å². The molecule has 3 aromatic rings. The molecule has 0 radical (unpaired) electrons. The number of para-hydroxylation sites is 3. The van der Waals surface area contributed by atoms with E-state index in [9.17, 15) is 4.79 Å². The molecule has 0 aromatic heterocycles. The lowest BCUT2D eigenvalue weighted by Crippen LogP contribution is -2.55. The van der Waals surface area contributed by atoms with Crippen molar-refractivity contribution in [2.24, 2.45) is 4.99 Å². The molecule has 1 fully saturated rings. The number of amidine groups is 1. The largest absolute Gasteiger partial charge is 0.497 e. The summed E-state index contributed by atoms with van der Waals surface area (Å²) in [6.07, 6.45) is 0.351. The van der Waals surface area contributed by atoms with Gasteiger partial charge in [0, 0.05) is 25.7 Å². The monoisotopic (exact) mass is 471 g/mol. The molecule has 0 aliphatic carbocycles. The van der Waals surface area contributed by atoms with Crippen LogP contribution in [0.4, 0.5) is 5.69 Å². The topological polar surface area (TPSA) is 63.6 Å². The number of hydrogen-bond donors (Lipinski definition) is 0. The highest BCUT2D eigenvalue weighted by Crippen LogP contribution is 2.42. The number of aliphatic imine (C=N–C) groups is 1. The van der Waals surface area contributed by atoms with E-state index in [2.05, 4.69) is 11.8 Å². The third-order valence-electron chi connectivity index (χ3n) is 6.48. The fraction of sp³-hybridized carbons (Fsp3) is 0.286. The smallest absolute Gasteiger partial charge is 0.227 e. The first-order valence-corrected chi connectivity index (χ1v) is 11.8. The quantitative estimate of drug-likeness (QED) is 0.554. The molecule has 180 valence electrons. The first-order chi connectivity index (χ1) is 17.1. The Hall–Kier alpha value is -4.00. The molecule has 2 aliphatic heterocycles. The Morgan fingerprint density at radius 1 is 1.03 bits per heavy atom. The fourth-order valence-corrected chi connectivity index (χ4v) is 4.70. The molecule has 2 aliphatic rings. The van der Waals surface area contributed by atoms with Gasteiger partial charge in [-0.1, -0.05) is 30.3 Å². The number of amides is 1. The fourth-order valence-electron chi connectivity index (χ4n) is 4.70. The van der Waals surface area contributed by atoms with E-state index in [4.69, 9.17) is 19.2 Å². The molecule has 1 saturated heterocycles. The second-order valence-electron chi connectivity index (χ2n) is 8.75. The Balaban J connectivity index is 1.39. The predicted molar refractivity (Wildman–Crippen MR) is 135 cm³/mol. The van der Waals surface area contributed by atoms with E-state index in [1.165, 1.54) is 0 Å². The number of benzene rings is 3. The normalized spacial score (nSPS) is 16.9. The summed E-state index contributed by atoms with van der Waals surface area (Å²) >= 11 is 0. The Labute approximate surface area is 205 Å². The average Bonchev–Trinajstić information content (AvgIpc) is 3.05. The van der Waals surface area contributed by atoms with Crippen LogP contribution in [-0.2, 0) is 11.2 Å². The number of nitrogens with zero attached hydrogens (tertiary/aromatic N) is 3. The summed E-state index contributed by atoms with van der Waals surface area (Å²) in [6.45, 7) is 4.04.